The second-order valence-electron chi connectivity index (χ2n) is 5.50. The molecular weight excluding hydrogens is 298 g/mol. The third-order valence-corrected chi connectivity index (χ3v) is 3.58. The van der Waals surface area contributed by atoms with Crippen molar-refractivity contribution in [3.05, 3.63) is 29.8 Å². The maximum Gasteiger partial charge on any atom is 0.338 e. The first-order valence-corrected chi connectivity index (χ1v) is 8.09. The molecule has 2 rings (SSSR count). The van der Waals surface area contributed by atoms with Gasteiger partial charge in [0.2, 0.25) is 0 Å². The Morgan fingerprint density at radius 1 is 1.43 bits per heavy atom. The molecule has 2 atom stereocenters. The van der Waals surface area contributed by atoms with Crippen molar-refractivity contribution in [1.82, 2.24) is 5.32 Å². The molecule has 6 heteroatoms. The van der Waals surface area contributed by atoms with E-state index >= 15 is 0 Å². The van der Waals surface area contributed by atoms with Gasteiger partial charge in [-0.05, 0) is 44.0 Å². The van der Waals surface area contributed by atoms with Crippen LogP contribution >= 0.6 is 0 Å². The highest BCUT2D eigenvalue weighted by molar-refractivity contribution is 5.89. The smallest absolute Gasteiger partial charge is 0.338 e. The monoisotopic (exact) mass is 323 g/mol. The van der Waals surface area contributed by atoms with Gasteiger partial charge in [-0.15, -0.1) is 0 Å². The van der Waals surface area contributed by atoms with E-state index in [1.54, 1.807) is 31.2 Å². The molecule has 0 saturated carbocycles. The van der Waals surface area contributed by atoms with Gasteiger partial charge in [-0.2, -0.15) is 0 Å². The summed E-state index contributed by atoms with van der Waals surface area (Å²) in [6.45, 7) is 4.36. The third-order valence-electron chi connectivity index (χ3n) is 3.58. The Bertz CT molecular complexity index is 470. The van der Waals surface area contributed by atoms with Crippen molar-refractivity contribution in [1.29, 1.82) is 0 Å². The standard InChI is InChI=1S/C17H25NO5/c1-2-21-17(20)13-5-7-15(8-6-13)23-12-14(19)10-18-11-16-4-3-9-22-16/h5-8,14,16,18-19H,2-4,9-12H2,1H3. The second kappa shape index (κ2) is 9.50. The Morgan fingerprint density at radius 3 is 2.87 bits per heavy atom. The normalized spacial score (nSPS) is 18.6. The van der Waals surface area contributed by atoms with Crippen LogP contribution in [-0.4, -0.2) is 56.2 Å². The van der Waals surface area contributed by atoms with Gasteiger partial charge in [0, 0.05) is 19.7 Å². The van der Waals surface area contributed by atoms with Crippen molar-refractivity contribution in [3.63, 3.8) is 0 Å². The topological polar surface area (TPSA) is 77.0 Å². The van der Waals surface area contributed by atoms with Crippen LogP contribution in [0.25, 0.3) is 0 Å². The van der Waals surface area contributed by atoms with Crippen LogP contribution in [0.1, 0.15) is 30.1 Å². The number of carbonyl (C=O) groups is 1. The number of ether oxygens (including phenoxy) is 3. The van der Waals surface area contributed by atoms with Crippen LogP contribution in [0.4, 0.5) is 0 Å². The Balaban J connectivity index is 1.65. The van der Waals surface area contributed by atoms with E-state index in [2.05, 4.69) is 5.32 Å². The number of aliphatic hydroxyl groups excluding tert-OH is 1. The summed E-state index contributed by atoms with van der Waals surface area (Å²) in [5.74, 6) is 0.258. The summed E-state index contributed by atoms with van der Waals surface area (Å²) in [5, 5.41) is 13.1. The number of carbonyl (C=O) groups excluding carboxylic acids is 1. The molecule has 0 amide bonds. The molecule has 0 aromatic heterocycles. The van der Waals surface area contributed by atoms with E-state index in [-0.39, 0.29) is 18.7 Å². The molecule has 2 N–H and O–H groups in total. The fourth-order valence-electron chi connectivity index (χ4n) is 2.37. The van der Waals surface area contributed by atoms with Gasteiger partial charge in [-0.3, -0.25) is 0 Å². The zero-order chi connectivity index (χ0) is 16.5. The van der Waals surface area contributed by atoms with Crippen molar-refractivity contribution >= 4 is 5.97 Å². The first-order valence-electron chi connectivity index (χ1n) is 8.09. The molecule has 1 aromatic rings. The Labute approximate surface area is 136 Å². The predicted octanol–water partition coefficient (Wildman–Crippen LogP) is 1.37. The second-order valence-corrected chi connectivity index (χ2v) is 5.50. The molecule has 6 nitrogen and oxygen atoms in total. The van der Waals surface area contributed by atoms with E-state index in [1.807, 2.05) is 0 Å². The highest BCUT2D eigenvalue weighted by atomic mass is 16.5. The van der Waals surface area contributed by atoms with Gasteiger partial charge >= 0.3 is 5.97 Å². The molecule has 0 bridgehead atoms. The minimum absolute atomic E-state index is 0.192. The van der Waals surface area contributed by atoms with E-state index in [1.165, 1.54) is 0 Å². The number of nitrogens with one attached hydrogen (secondary N) is 1. The average molecular weight is 323 g/mol. The number of aliphatic hydroxyl groups is 1. The van der Waals surface area contributed by atoms with Gasteiger partial charge in [0.25, 0.3) is 0 Å². The molecule has 1 aliphatic heterocycles. The van der Waals surface area contributed by atoms with Crippen LogP contribution in [0, 0.1) is 0 Å². The van der Waals surface area contributed by atoms with Crippen molar-refractivity contribution in [2.45, 2.75) is 32.0 Å². The lowest BCUT2D eigenvalue weighted by Gasteiger charge is -2.15. The van der Waals surface area contributed by atoms with Gasteiger partial charge < -0.3 is 24.6 Å². The van der Waals surface area contributed by atoms with E-state index in [0.29, 0.717) is 24.5 Å². The van der Waals surface area contributed by atoms with Crippen LogP contribution in [0.2, 0.25) is 0 Å². The predicted molar refractivity (Wildman–Crippen MR) is 85.7 cm³/mol. The van der Waals surface area contributed by atoms with Gasteiger partial charge in [-0.25, -0.2) is 4.79 Å². The van der Waals surface area contributed by atoms with Crippen LogP contribution in [0.5, 0.6) is 5.75 Å². The quantitative estimate of drug-likeness (QED) is 0.669. The van der Waals surface area contributed by atoms with Gasteiger partial charge in [0.1, 0.15) is 18.5 Å². The lowest BCUT2D eigenvalue weighted by molar-refractivity contribution is 0.0526. The third kappa shape index (κ3) is 6.17. The minimum atomic E-state index is -0.596. The maximum atomic E-state index is 11.5. The molecule has 0 aliphatic carbocycles. The highest BCUT2D eigenvalue weighted by Crippen LogP contribution is 2.13. The number of rotatable bonds is 9. The number of hydrogen-bond donors (Lipinski definition) is 2. The Kier molecular flexibility index (Phi) is 7.32. The summed E-state index contributed by atoms with van der Waals surface area (Å²) in [6, 6.07) is 6.68. The molecule has 1 heterocycles. The zero-order valence-electron chi connectivity index (χ0n) is 13.5. The van der Waals surface area contributed by atoms with Crippen molar-refractivity contribution in [2.24, 2.45) is 0 Å². The van der Waals surface area contributed by atoms with E-state index in [0.717, 1.165) is 26.0 Å². The zero-order valence-corrected chi connectivity index (χ0v) is 13.5. The minimum Gasteiger partial charge on any atom is -0.491 e. The molecule has 128 valence electrons. The number of benzene rings is 1. The van der Waals surface area contributed by atoms with E-state index in [4.69, 9.17) is 14.2 Å². The molecule has 0 spiro atoms. The first-order chi connectivity index (χ1) is 11.2. The molecule has 0 radical (unpaired) electrons. The summed E-state index contributed by atoms with van der Waals surface area (Å²) in [4.78, 5) is 11.5. The van der Waals surface area contributed by atoms with Gasteiger partial charge in [-0.1, -0.05) is 0 Å². The fourth-order valence-corrected chi connectivity index (χ4v) is 2.37. The highest BCUT2D eigenvalue weighted by Gasteiger charge is 2.15. The van der Waals surface area contributed by atoms with E-state index in [9.17, 15) is 9.90 Å². The summed E-state index contributed by atoms with van der Waals surface area (Å²) in [5.41, 5.74) is 0.484. The molecule has 1 saturated heterocycles. The van der Waals surface area contributed by atoms with E-state index < -0.39 is 6.10 Å². The van der Waals surface area contributed by atoms with Crippen molar-refractivity contribution in [3.8, 4) is 5.75 Å². The summed E-state index contributed by atoms with van der Waals surface area (Å²) < 4.78 is 15.9. The number of hydrogen-bond acceptors (Lipinski definition) is 6. The summed E-state index contributed by atoms with van der Waals surface area (Å²) in [6.07, 6.45) is 1.85. The first kappa shape index (κ1) is 17.7. The maximum absolute atomic E-state index is 11.5. The largest absolute Gasteiger partial charge is 0.491 e. The van der Waals surface area contributed by atoms with Crippen LogP contribution in [0.3, 0.4) is 0 Å². The van der Waals surface area contributed by atoms with Crippen LogP contribution in [0.15, 0.2) is 24.3 Å². The Hall–Kier alpha value is -1.63. The lowest BCUT2D eigenvalue weighted by Crippen LogP contribution is -2.35. The summed E-state index contributed by atoms with van der Waals surface area (Å²) in [7, 11) is 0. The lowest BCUT2D eigenvalue weighted by atomic mass is 10.2. The molecule has 1 aromatic carbocycles. The van der Waals surface area contributed by atoms with Crippen molar-refractivity contribution < 1.29 is 24.1 Å². The molecule has 23 heavy (non-hydrogen) atoms. The van der Waals surface area contributed by atoms with Gasteiger partial charge in [0.05, 0.1) is 18.3 Å². The van der Waals surface area contributed by atoms with Crippen LogP contribution in [-0.2, 0) is 9.47 Å². The molecule has 1 aliphatic rings. The van der Waals surface area contributed by atoms with Crippen LogP contribution < -0.4 is 10.1 Å². The van der Waals surface area contributed by atoms with Crippen molar-refractivity contribution in [2.75, 3.05) is 32.9 Å². The van der Waals surface area contributed by atoms with Gasteiger partial charge in [0.15, 0.2) is 0 Å². The molecule has 2 unspecified atom stereocenters. The SMILES string of the molecule is CCOC(=O)c1ccc(OCC(O)CNCC2CCCO2)cc1. The summed E-state index contributed by atoms with van der Waals surface area (Å²) >= 11 is 0. The average Bonchev–Trinajstić information content (AvgIpc) is 3.07. The molecular formula is C17H25NO5. The Morgan fingerprint density at radius 2 is 2.22 bits per heavy atom. The molecule has 1 fully saturated rings. The number of esters is 1. The fraction of sp³-hybridized carbons (Fsp3) is 0.588.